The summed E-state index contributed by atoms with van der Waals surface area (Å²) >= 11 is 0. The third-order valence-corrected chi connectivity index (χ3v) is 6.05. The molecule has 0 aliphatic carbocycles. The Morgan fingerprint density at radius 3 is 2.11 bits per heavy atom. The minimum absolute atomic E-state index is 0.0370. The zero-order valence-corrected chi connectivity index (χ0v) is 16.9. The van der Waals surface area contributed by atoms with Crippen LogP contribution < -0.4 is 0 Å². The van der Waals surface area contributed by atoms with Gasteiger partial charge in [0.1, 0.15) is 0 Å². The summed E-state index contributed by atoms with van der Waals surface area (Å²) < 4.78 is 0. The summed E-state index contributed by atoms with van der Waals surface area (Å²) in [5.41, 5.74) is 0. The highest BCUT2D eigenvalue weighted by Crippen LogP contribution is 2.21. The monoisotopic (exact) mass is 378 g/mol. The molecule has 3 heterocycles. The standard InChI is InChI=1S/C20H34N4O3/c1-16-11-17(2)13-24(12-16)19(26)14-21-7-9-22(10-8-21)20(27)15-23-6-4-3-5-18(23)25/h16-17H,3-15H2,1-2H3. The van der Waals surface area contributed by atoms with E-state index in [1.807, 2.05) is 9.80 Å². The van der Waals surface area contributed by atoms with E-state index in [1.54, 1.807) is 4.90 Å². The summed E-state index contributed by atoms with van der Waals surface area (Å²) in [6.45, 7) is 10.3. The number of nitrogens with zero attached hydrogens (tertiary/aromatic N) is 4. The van der Waals surface area contributed by atoms with Crippen LogP contribution in [0.15, 0.2) is 0 Å². The maximum atomic E-state index is 12.6. The van der Waals surface area contributed by atoms with E-state index in [0.29, 0.717) is 44.4 Å². The number of carbonyl (C=O) groups is 3. The number of hydrogen-bond acceptors (Lipinski definition) is 4. The molecule has 0 aromatic rings. The van der Waals surface area contributed by atoms with Crippen LogP contribution in [-0.2, 0) is 14.4 Å². The van der Waals surface area contributed by atoms with Crippen molar-refractivity contribution >= 4 is 17.7 Å². The molecule has 0 aromatic heterocycles. The molecule has 0 radical (unpaired) electrons. The Hall–Kier alpha value is -1.63. The smallest absolute Gasteiger partial charge is 0.242 e. The fourth-order valence-electron chi connectivity index (χ4n) is 4.61. The number of likely N-dealkylation sites (tertiary alicyclic amines) is 2. The Kier molecular flexibility index (Phi) is 6.73. The van der Waals surface area contributed by atoms with Crippen molar-refractivity contribution < 1.29 is 14.4 Å². The van der Waals surface area contributed by atoms with E-state index in [0.717, 1.165) is 39.0 Å². The van der Waals surface area contributed by atoms with Gasteiger partial charge in [-0.1, -0.05) is 13.8 Å². The molecule has 3 fully saturated rings. The summed E-state index contributed by atoms with van der Waals surface area (Å²) in [6, 6.07) is 0. The van der Waals surface area contributed by atoms with Gasteiger partial charge in [-0.15, -0.1) is 0 Å². The lowest BCUT2D eigenvalue weighted by molar-refractivity contribution is -0.143. The Balaban J connectivity index is 1.41. The lowest BCUT2D eigenvalue weighted by atomic mass is 9.92. The number of carbonyl (C=O) groups excluding carboxylic acids is 3. The van der Waals surface area contributed by atoms with Gasteiger partial charge in [0.2, 0.25) is 17.7 Å². The molecule has 2 unspecified atom stereocenters. The van der Waals surface area contributed by atoms with Crippen molar-refractivity contribution in [2.45, 2.75) is 39.5 Å². The Morgan fingerprint density at radius 1 is 0.852 bits per heavy atom. The van der Waals surface area contributed by atoms with Crippen molar-refractivity contribution in [1.29, 1.82) is 0 Å². The third kappa shape index (κ3) is 5.43. The van der Waals surface area contributed by atoms with Crippen LogP contribution >= 0.6 is 0 Å². The van der Waals surface area contributed by atoms with Gasteiger partial charge >= 0.3 is 0 Å². The molecule has 3 aliphatic heterocycles. The Labute approximate surface area is 162 Å². The van der Waals surface area contributed by atoms with E-state index >= 15 is 0 Å². The van der Waals surface area contributed by atoms with Crippen molar-refractivity contribution in [3.05, 3.63) is 0 Å². The zero-order chi connectivity index (χ0) is 19.4. The predicted molar refractivity (Wildman–Crippen MR) is 103 cm³/mol. The molecule has 7 nitrogen and oxygen atoms in total. The SMILES string of the molecule is CC1CC(C)CN(C(=O)CN2CCN(C(=O)CN3CCCCC3=O)CC2)C1. The highest BCUT2D eigenvalue weighted by molar-refractivity contribution is 5.85. The summed E-state index contributed by atoms with van der Waals surface area (Å²) in [6.07, 6.45) is 3.69. The summed E-state index contributed by atoms with van der Waals surface area (Å²) in [4.78, 5) is 44.7. The van der Waals surface area contributed by atoms with Gasteiger partial charge < -0.3 is 14.7 Å². The highest BCUT2D eigenvalue weighted by Gasteiger charge is 2.29. The summed E-state index contributed by atoms with van der Waals surface area (Å²) in [5.74, 6) is 1.50. The fourth-order valence-corrected chi connectivity index (χ4v) is 4.61. The quantitative estimate of drug-likeness (QED) is 0.721. The average Bonchev–Trinajstić information content (AvgIpc) is 2.63. The maximum Gasteiger partial charge on any atom is 0.242 e. The minimum atomic E-state index is 0.0370. The topological polar surface area (TPSA) is 64.2 Å². The van der Waals surface area contributed by atoms with Crippen LogP contribution in [0.25, 0.3) is 0 Å². The molecule has 7 heteroatoms. The average molecular weight is 379 g/mol. The van der Waals surface area contributed by atoms with Gasteiger partial charge in [-0.05, 0) is 31.1 Å². The second-order valence-corrected chi connectivity index (χ2v) is 8.67. The normalized spacial score (nSPS) is 27.8. The first-order valence-electron chi connectivity index (χ1n) is 10.5. The van der Waals surface area contributed by atoms with Gasteiger partial charge in [0.05, 0.1) is 13.1 Å². The molecule has 27 heavy (non-hydrogen) atoms. The van der Waals surface area contributed by atoms with E-state index in [-0.39, 0.29) is 24.3 Å². The largest absolute Gasteiger partial charge is 0.341 e. The van der Waals surface area contributed by atoms with Gasteiger partial charge in [-0.3, -0.25) is 19.3 Å². The number of piperazine rings is 1. The Morgan fingerprint density at radius 2 is 1.48 bits per heavy atom. The van der Waals surface area contributed by atoms with E-state index in [1.165, 1.54) is 6.42 Å². The first-order chi connectivity index (χ1) is 12.9. The maximum absolute atomic E-state index is 12.6. The van der Waals surface area contributed by atoms with Crippen molar-refractivity contribution in [2.24, 2.45) is 11.8 Å². The summed E-state index contributed by atoms with van der Waals surface area (Å²) in [7, 11) is 0. The molecular formula is C20H34N4O3. The first kappa shape index (κ1) is 20.1. The molecule has 3 aliphatic rings. The molecule has 152 valence electrons. The number of amides is 3. The number of hydrogen-bond donors (Lipinski definition) is 0. The highest BCUT2D eigenvalue weighted by atomic mass is 16.2. The lowest BCUT2D eigenvalue weighted by Gasteiger charge is -2.39. The summed E-state index contributed by atoms with van der Waals surface area (Å²) in [5, 5.41) is 0. The molecule has 0 spiro atoms. The molecule has 0 N–H and O–H groups in total. The van der Waals surface area contributed by atoms with E-state index in [4.69, 9.17) is 0 Å². The molecule has 2 atom stereocenters. The van der Waals surface area contributed by atoms with Crippen molar-refractivity contribution in [2.75, 3.05) is 58.9 Å². The minimum Gasteiger partial charge on any atom is -0.341 e. The fraction of sp³-hybridized carbons (Fsp3) is 0.850. The van der Waals surface area contributed by atoms with Gasteiger partial charge in [0.15, 0.2) is 0 Å². The van der Waals surface area contributed by atoms with Crippen molar-refractivity contribution in [3.8, 4) is 0 Å². The second-order valence-electron chi connectivity index (χ2n) is 8.67. The van der Waals surface area contributed by atoms with Crippen LogP contribution in [0.2, 0.25) is 0 Å². The van der Waals surface area contributed by atoms with Crippen LogP contribution in [-0.4, -0.2) is 96.2 Å². The van der Waals surface area contributed by atoms with Crippen molar-refractivity contribution in [1.82, 2.24) is 19.6 Å². The molecule has 0 aromatic carbocycles. The molecular weight excluding hydrogens is 344 g/mol. The van der Waals surface area contributed by atoms with E-state index in [9.17, 15) is 14.4 Å². The van der Waals surface area contributed by atoms with Crippen LogP contribution in [0.4, 0.5) is 0 Å². The van der Waals surface area contributed by atoms with Gasteiger partial charge in [0, 0.05) is 52.2 Å². The zero-order valence-electron chi connectivity index (χ0n) is 16.9. The first-order valence-corrected chi connectivity index (χ1v) is 10.5. The van der Waals surface area contributed by atoms with Crippen LogP contribution in [0.3, 0.4) is 0 Å². The molecule has 3 rings (SSSR count). The third-order valence-electron chi connectivity index (χ3n) is 6.05. The van der Waals surface area contributed by atoms with Crippen LogP contribution in [0.1, 0.15) is 39.5 Å². The Bertz CT molecular complexity index is 549. The number of piperidine rings is 2. The lowest BCUT2D eigenvalue weighted by Crippen LogP contribution is -2.54. The molecule has 3 amide bonds. The second kappa shape index (κ2) is 9.04. The van der Waals surface area contributed by atoms with E-state index in [2.05, 4.69) is 18.7 Å². The predicted octanol–water partition coefficient (Wildman–Crippen LogP) is 0.648. The van der Waals surface area contributed by atoms with Crippen LogP contribution in [0.5, 0.6) is 0 Å². The van der Waals surface area contributed by atoms with Crippen molar-refractivity contribution in [3.63, 3.8) is 0 Å². The molecule has 3 saturated heterocycles. The molecule has 0 bridgehead atoms. The molecule has 0 saturated carbocycles. The van der Waals surface area contributed by atoms with Gasteiger partial charge in [-0.25, -0.2) is 0 Å². The van der Waals surface area contributed by atoms with E-state index < -0.39 is 0 Å². The van der Waals surface area contributed by atoms with Crippen LogP contribution in [0, 0.1) is 11.8 Å². The van der Waals surface area contributed by atoms with Gasteiger partial charge in [-0.2, -0.15) is 0 Å². The number of rotatable bonds is 4. The van der Waals surface area contributed by atoms with Gasteiger partial charge in [0.25, 0.3) is 0 Å².